The molecule has 4 aromatic rings. The number of nitrogens with one attached hydrogen (secondary N) is 1. The van der Waals surface area contributed by atoms with Crippen LogP contribution in [0.5, 0.6) is 0 Å². The molecule has 166 valence electrons. The first kappa shape index (κ1) is 20.4. The topological polar surface area (TPSA) is 110 Å². The summed E-state index contributed by atoms with van der Waals surface area (Å²) in [6.45, 7) is 4.46. The maximum atomic E-state index is 6.04. The third-order valence-electron chi connectivity index (χ3n) is 5.83. The Balaban J connectivity index is 1.13. The van der Waals surface area contributed by atoms with Gasteiger partial charge in [0.15, 0.2) is 5.76 Å². The molecular formula is C23H28N8O. The minimum atomic E-state index is 0.223. The van der Waals surface area contributed by atoms with Crippen molar-refractivity contribution in [3.8, 4) is 11.6 Å². The van der Waals surface area contributed by atoms with Gasteiger partial charge in [0.1, 0.15) is 0 Å². The number of benzene rings is 1. The quantitative estimate of drug-likeness (QED) is 0.415. The zero-order chi connectivity index (χ0) is 21.8. The molecule has 1 aliphatic heterocycles. The van der Waals surface area contributed by atoms with Crippen molar-refractivity contribution in [2.24, 2.45) is 0 Å². The van der Waals surface area contributed by atoms with Crippen molar-refractivity contribution in [2.75, 3.05) is 37.2 Å². The van der Waals surface area contributed by atoms with Gasteiger partial charge in [-0.05, 0) is 75.0 Å². The highest BCUT2D eigenvalue weighted by Crippen LogP contribution is 2.18. The van der Waals surface area contributed by atoms with Crippen LogP contribution in [0.1, 0.15) is 30.4 Å². The number of rotatable bonds is 9. The molecule has 0 saturated carbocycles. The summed E-state index contributed by atoms with van der Waals surface area (Å²) >= 11 is 0. The van der Waals surface area contributed by atoms with E-state index in [0.717, 1.165) is 12.8 Å². The van der Waals surface area contributed by atoms with Crippen LogP contribution < -0.4 is 11.1 Å². The second-order valence-electron chi connectivity index (χ2n) is 8.18. The van der Waals surface area contributed by atoms with E-state index in [2.05, 4.69) is 54.5 Å². The summed E-state index contributed by atoms with van der Waals surface area (Å²) in [7, 11) is 0. The number of furan rings is 1. The van der Waals surface area contributed by atoms with Crippen molar-refractivity contribution >= 4 is 17.7 Å². The van der Waals surface area contributed by atoms with Gasteiger partial charge >= 0.3 is 0 Å². The highest BCUT2D eigenvalue weighted by atomic mass is 16.3. The normalized spacial score (nSPS) is 14.4. The third kappa shape index (κ3) is 4.72. The Bertz CT molecular complexity index is 1150. The van der Waals surface area contributed by atoms with Gasteiger partial charge < -0.3 is 20.4 Å². The Morgan fingerprint density at radius 3 is 2.50 bits per heavy atom. The molecule has 0 spiro atoms. The van der Waals surface area contributed by atoms with Crippen molar-refractivity contribution in [2.45, 2.75) is 32.1 Å². The number of aromatic nitrogens is 5. The van der Waals surface area contributed by atoms with Crippen LogP contribution in [-0.2, 0) is 12.8 Å². The summed E-state index contributed by atoms with van der Waals surface area (Å²) in [5.74, 6) is 2.02. The Morgan fingerprint density at radius 2 is 1.75 bits per heavy atom. The number of nitrogens with two attached hydrogens (primary N) is 1. The van der Waals surface area contributed by atoms with Gasteiger partial charge in [0.05, 0.1) is 6.26 Å². The maximum Gasteiger partial charge on any atom is 0.259 e. The lowest BCUT2D eigenvalue weighted by molar-refractivity contribution is 0.334. The second kappa shape index (κ2) is 9.35. The SMILES string of the molecule is Nc1nc(NCCc2ccc(CCCN3CCCC3)cc2)nc2nc(-c3ccco3)nn12. The molecule has 5 rings (SSSR count). The van der Waals surface area contributed by atoms with Crippen molar-refractivity contribution in [3.05, 3.63) is 53.8 Å². The molecule has 3 aromatic heterocycles. The fourth-order valence-electron chi connectivity index (χ4n) is 4.10. The molecular weight excluding hydrogens is 404 g/mol. The molecule has 9 nitrogen and oxygen atoms in total. The first-order valence-electron chi connectivity index (χ1n) is 11.2. The van der Waals surface area contributed by atoms with Crippen LogP contribution in [0, 0.1) is 0 Å². The van der Waals surface area contributed by atoms with Crippen molar-refractivity contribution in [3.63, 3.8) is 0 Å². The summed E-state index contributed by atoms with van der Waals surface area (Å²) < 4.78 is 6.75. The van der Waals surface area contributed by atoms with Gasteiger partial charge in [-0.1, -0.05) is 24.3 Å². The van der Waals surface area contributed by atoms with E-state index in [1.807, 2.05) is 0 Å². The first-order chi connectivity index (χ1) is 15.7. The fourth-order valence-corrected chi connectivity index (χ4v) is 4.10. The largest absolute Gasteiger partial charge is 0.461 e. The number of likely N-dealkylation sites (tertiary alicyclic amines) is 1. The maximum absolute atomic E-state index is 6.04. The van der Waals surface area contributed by atoms with E-state index in [1.54, 1.807) is 18.4 Å². The second-order valence-corrected chi connectivity index (χ2v) is 8.18. The van der Waals surface area contributed by atoms with E-state index >= 15 is 0 Å². The summed E-state index contributed by atoms with van der Waals surface area (Å²) in [4.78, 5) is 15.7. The summed E-state index contributed by atoms with van der Waals surface area (Å²) in [6, 6.07) is 12.5. The van der Waals surface area contributed by atoms with Crippen molar-refractivity contribution in [1.29, 1.82) is 0 Å². The number of aryl methyl sites for hydroxylation is 1. The highest BCUT2D eigenvalue weighted by molar-refractivity contribution is 5.52. The molecule has 0 amide bonds. The molecule has 0 atom stereocenters. The van der Waals surface area contributed by atoms with E-state index < -0.39 is 0 Å². The van der Waals surface area contributed by atoms with Crippen LogP contribution in [0.4, 0.5) is 11.9 Å². The number of nitrogen functional groups attached to an aromatic ring is 1. The fraction of sp³-hybridized carbons (Fsp3) is 0.391. The Labute approximate surface area is 186 Å². The minimum absolute atomic E-state index is 0.223. The molecule has 1 aromatic carbocycles. The third-order valence-corrected chi connectivity index (χ3v) is 5.83. The predicted octanol–water partition coefficient (Wildman–Crippen LogP) is 3.04. The van der Waals surface area contributed by atoms with Gasteiger partial charge in [0, 0.05) is 6.54 Å². The standard InChI is InChI=1S/C23H28N8O/c24-21-27-22(28-23-26-20(29-31(21)23)19-6-4-16-32-19)25-12-11-18-9-7-17(8-10-18)5-3-15-30-13-1-2-14-30/h4,6-10,16H,1-3,5,11-15H2,(H3,24,25,26,27,28,29). The van der Waals surface area contributed by atoms with E-state index in [-0.39, 0.29) is 5.95 Å². The minimum Gasteiger partial charge on any atom is -0.461 e. The summed E-state index contributed by atoms with van der Waals surface area (Å²) in [5, 5.41) is 7.54. The van der Waals surface area contributed by atoms with E-state index in [0.29, 0.717) is 29.9 Å². The molecule has 9 heteroatoms. The van der Waals surface area contributed by atoms with Gasteiger partial charge in [-0.3, -0.25) is 0 Å². The first-order valence-corrected chi connectivity index (χ1v) is 11.2. The van der Waals surface area contributed by atoms with Crippen molar-refractivity contribution in [1.82, 2.24) is 29.5 Å². The lowest BCUT2D eigenvalue weighted by Gasteiger charge is -2.14. The molecule has 1 saturated heterocycles. The van der Waals surface area contributed by atoms with Gasteiger partial charge in [0.2, 0.25) is 17.7 Å². The molecule has 0 unspecified atom stereocenters. The lowest BCUT2D eigenvalue weighted by Crippen LogP contribution is -2.20. The van der Waals surface area contributed by atoms with Crippen molar-refractivity contribution < 1.29 is 4.42 Å². The van der Waals surface area contributed by atoms with Gasteiger partial charge in [-0.2, -0.15) is 19.5 Å². The van der Waals surface area contributed by atoms with Crippen LogP contribution in [0.2, 0.25) is 0 Å². The van der Waals surface area contributed by atoms with Crippen LogP contribution in [0.15, 0.2) is 47.1 Å². The van der Waals surface area contributed by atoms with Crippen LogP contribution >= 0.6 is 0 Å². The molecule has 32 heavy (non-hydrogen) atoms. The van der Waals surface area contributed by atoms with E-state index in [4.69, 9.17) is 10.2 Å². The Hall–Kier alpha value is -3.46. The summed E-state index contributed by atoms with van der Waals surface area (Å²) in [5.41, 5.74) is 8.72. The number of hydrogen-bond acceptors (Lipinski definition) is 8. The van der Waals surface area contributed by atoms with Crippen LogP contribution in [0.25, 0.3) is 17.4 Å². The number of fused-ring (bicyclic) bond motifs is 1. The van der Waals surface area contributed by atoms with E-state index in [1.165, 1.54) is 54.5 Å². The Kier molecular flexibility index (Phi) is 5.98. The predicted molar refractivity (Wildman–Crippen MR) is 123 cm³/mol. The monoisotopic (exact) mass is 432 g/mol. The Morgan fingerprint density at radius 1 is 0.969 bits per heavy atom. The number of nitrogens with zero attached hydrogens (tertiary/aromatic N) is 6. The van der Waals surface area contributed by atoms with Gasteiger partial charge in [-0.25, -0.2) is 0 Å². The zero-order valence-electron chi connectivity index (χ0n) is 18.1. The molecule has 3 N–H and O–H groups in total. The molecule has 0 radical (unpaired) electrons. The van der Waals surface area contributed by atoms with Crippen LogP contribution in [0.3, 0.4) is 0 Å². The molecule has 1 fully saturated rings. The smallest absolute Gasteiger partial charge is 0.259 e. The average molecular weight is 433 g/mol. The van der Waals surface area contributed by atoms with Gasteiger partial charge in [-0.15, -0.1) is 5.10 Å². The molecule has 4 heterocycles. The number of hydrogen-bond donors (Lipinski definition) is 2. The van der Waals surface area contributed by atoms with E-state index in [9.17, 15) is 0 Å². The number of anilines is 2. The highest BCUT2D eigenvalue weighted by Gasteiger charge is 2.14. The summed E-state index contributed by atoms with van der Waals surface area (Å²) in [6.07, 6.45) is 7.53. The van der Waals surface area contributed by atoms with Crippen LogP contribution in [-0.4, -0.2) is 55.6 Å². The molecule has 1 aliphatic rings. The molecule has 0 aliphatic carbocycles. The lowest BCUT2D eigenvalue weighted by atomic mass is 10.1. The zero-order valence-corrected chi connectivity index (χ0v) is 18.1. The average Bonchev–Trinajstić information content (AvgIpc) is 3.56. The van der Waals surface area contributed by atoms with Gasteiger partial charge in [0.25, 0.3) is 5.78 Å². The molecule has 0 bridgehead atoms.